The lowest BCUT2D eigenvalue weighted by Gasteiger charge is -2.31. The molecule has 6 nitrogen and oxygen atoms in total. The van der Waals surface area contributed by atoms with E-state index in [4.69, 9.17) is 16.3 Å². The Balaban J connectivity index is 1.71. The first kappa shape index (κ1) is 23.4. The van der Waals surface area contributed by atoms with Crippen LogP contribution in [0.1, 0.15) is 34.5 Å². The van der Waals surface area contributed by atoms with Gasteiger partial charge in [0.15, 0.2) is 0 Å². The van der Waals surface area contributed by atoms with Crippen LogP contribution in [0.25, 0.3) is 11.4 Å². The van der Waals surface area contributed by atoms with Gasteiger partial charge >= 0.3 is 0 Å². The molecule has 9 heteroatoms. The van der Waals surface area contributed by atoms with Crippen LogP contribution in [0, 0.1) is 11.6 Å². The second kappa shape index (κ2) is 10.0. The predicted octanol–water partition coefficient (Wildman–Crippen LogP) is 5.82. The minimum Gasteiger partial charge on any atom is -0.495 e. The topological polar surface area (TPSA) is 71.1 Å². The number of aromatic amines is 1. The smallest absolute Gasteiger partial charge is 0.254 e. The van der Waals surface area contributed by atoms with Crippen molar-refractivity contribution in [3.63, 3.8) is 0 Å². The average Bonchev–Trinajstić information content (AvgIpc) is 3.37. The monoisotopic (exact) mass is 482 g/mol. The van der Waals surface area contributed by atoms with E-state index in [0.29, 0.717) is 22.0 Å². The first-order valence-electron chi connectivity index (χ1n) is 10.4. The maximum absolute atomic E-state index is 13.9. The molecule has 4 aromatic rings. The Morgan fingerprint density at radius 2 is 1.91 bits per heavy atom. The molecule has 4 rings (SSSR count). The van der Waals surface area contributed by atoms with Crippen LogP contribution in [0.3, 0.4) is 0 Å². The Morgan fingerprint density at radius 3 is 2.53 bits per heavy atom. The van der Waals surface area contributed by atoms with Gasteiger partial charge in [-0.05, 0) is 48.4 Å². The zero-order valence-corrected chi connectivity index (χ0v) is 19.2. The highest BCUT2D eigenvalue weighted by Crippen LogP contribution is 2.35. The largest absolute Gasteiger partial charge is 0.495 e. The lowest BCUT2D eigenvalue weighted by molar-refractivity contribution is 0.0672. The van der Waals surface area contributed by atoms with E-state index in [1.807, 2.05) is 6.07 Å². The van der Waals surface area contributed by atoms with E-state index in [1.54, 1.807) is 49.6 Å². The second-order valence-corrected chi connectivity index (χ2v) is 8.03. The Bertz CT molecular complexity index is 1280. The summed E-state index contributed by atoms with van der Waals surface area (Å²) in [5.41, 5.74) is 2.69. The molecule has 1 atom stereocenters. The number of rotatable bonds is 7. The number of halogens is 3. The molecule has 0 bridgehead atoms. The molecule has 34 heavy (non-hydrogen) atoms. The van der Waals surface area contributed by atoms with E-state index >= 15 is 0 Å². The number of carbonyl (C=O) groups is 1. The number of benzene rings is 2. The van der Waals surface area contributed by atoms with Crippen LogP contribution in [-0.2, 0) is 6.54 Å². The van der Waals surface area contributed by atoms with E-state index in [2.05, 4.69) is 15.2 Å². The van der Waals surface area contributed by atoms with Crippen molar-refractivity contribution in [2.75, 3.05) is 7.11 Å². The fourth-order valence-electron chi connectivity index (χ4n) is 3.68. The molecule has 1 amide bonds. The summed E-state index contributed by atoms with van der Waals surface area (Å²) >= 11 is 6.53. The number of aromatic nitrogens is 3. The minimum absolute atomic E-state index is 0.106. The van der Waals surface area contributed by atoms with Gasteiger partial charge in [0.1, 0.15) is 17.4 Å². The average molecular weight is 483 g/mol. The molecular weight excluding hydrogens is 462 g/mol. The number of amides is 1. The van der Waals surface area contributed by atoms with E-state index in [0.717, 1.165) is 29.5 Å². The van der Waals surface area contributed by atoms with Gasteiger partial charge in [-0.1, -0.05) is 29.8 Å². The lowest BCUT2D eigenvalue weighted by Crippen LogP contribution is -2.33. The second-order valence-electron chi connectivity index (χ2n) is 7.65. The number of ether oxygens (including phenoxy) is 1. The van der Waals surface area contributed by atoms with Crippen LogP contribution in [0.4, 0.5) is 8.78 Å². The van der Waals surface area contributed by atoms with Crippen LogP contribution >= 0.6 is 11.6 Å². The molecule has 2 aromatic heterocycles. The van der Waals surface area contributed by atoms with Crippen LogP contribution < -0.4 is 4.74 Å². The summed E-state index contributed by atoms with van der Waals surface area (Å²) in [6.07, 6.45) is 3.27. The zero-order chi connectivity index (χ0) is 24.2. The number of hydrogen-bond acceptors (Lipinski definition) is 4. The van der Waals surface area contributed by atoms with Crippen LogP contribution in [0.15, 0.2) is 67.0 Å². The number of pyridine rings is 1. The number of nitrogens with zero attached hydrogens (tertiary/aromatic N) is 3. The highest BCUT2D eigenvalue weighted by atomic mass is 35.5. The Kier molecular flexibility index (Phi) is 6.88. The molecule has 0 spiro atoms. The summed E-state index contributed by atoms with van der Waals surface area (Å²) in [4.78, 5) is 19.4. The molecule has 0 saturated carbocycles. The molecule has 0 fully saturated rings. The van der Waals surface area contributed by atoms with Crippen molar-refractivity contribution in [1.29, 1.82) is 0 Å². The fraction of sp³-hybridized carbons (Fsp3) is 0.160. The number of hydrogen-bond donors (Lipinski definition) is 1. The molecule has 174 valence electrons. The van der Waals surface area contributed by atoms with Crippen molar-refractivity contribution in [2.45, 2.75) is 19.5 Å². The highest BCUT2D eigenvalue weighted by Gasteiger charge is 2.26. The van der Waals surface area contributed by atoms with Crippen molar-refractivity contribution in [3.05, 3.63) is 100 Å². The molecule has 0 aliphatic carbocycles. The van der Waals surface area contributed by atoms with Crippen LogP contribution in [-0.4, -0.2) is 33.1 Å². The minimum atomic E-state index is -0.832. The van der Waals surface area contributed by atoms with Gasteiger partial charge < -0.3 is 9.64 Å². The quantitative estimate of drug-likeness (QED) is 0.360. The molecule has 0 unspecified atom stereocenters. The summed E-state index contributed by atoms with van der Waals surface area (Å²) in [6.45, 7) is 1.92. The summed E-state index contributed by atoms with van der Waals surface area (Å²) in [5, 5.41) is 7.12. The number of H-pyrrole nitrogens is 1. The van der Waals surface area contributed by atoms with Crippen molar-refractivity contribution in [2.24, 2.45) is 0 Å². The number of carbonyl (C=O) groups excluding carboxylic acids is 1. The highest BCUT2D eigenvalue weighted by molar-refractivity contribution is 6.32. The van der Waals surface area contributed by atoms with Gasteiger partial charge in [-0.2, -0.15) is 5.10 Å². The third kappa shape index (κ3) is 4.92. The fourth-order valence-corrected chi connectivity index (χ4v) is 4.04. The van der Waals surface area contributed by atoms with Gasteiger partial charge in [0.2, 0.25) is 0 Å². The molecule has 2 aromatic carbocycles. The lowest BCUT2D eigenvalue weighted by atomic mass is 10.0. The molecular formula is C25H21ClF2N4O2. The van der Waals surface area contributed by atoms with Gasteiger partial charge in [0.25, 0.3) is 5.91 Å². The summed E-state index contributed by atoms with van der Waals surface area (Å²) in [6, 6.07) is 12.9. The maximum Gasteiger partial charge on any atom is 0.254 e. The van der Waals surface area contributed by atoms with Crippen molar-refractivity contribution in [1.82, 2.24) is 20.1 Å². The van der Waals surface area contributed by atoms with Gasteiger partial charge in [0, 0.05) is 30.6 Å². The predicted molar refractivity (Wildman–Crippen MR) is 124 cm³/mol. The molecule has 0 saturated heterocycles. The van der Waals surface area contributed by atoms with E-state index in [1.165, 1.54) is 12.0 Å². The zero-order valence-electron chi connectivity index (χ0n) is 18.4. The Hall–Kier alpha value is -3.78. The third-order valence-corrected chi connectivity index (χ3v) is 5.86. The van der Waals surface area contributed by atoms with E-state index < -0.39 is 23.6 Å². The normalized spacial score (nSPS) is 11.8. The van der Waals surface area contributed by atoms with Crippen molar-refractivity contribution >= 4 is 17.5 Å². The molecule has 0 radical (unpaired) electrons. The van der Waals surface area contributed by atoms with Gasteiger partial charge in [-0.25, -0.2) is 8.78 Å². The van der Waals surface area contributed by atoms with Crippen LogP contribution in [0.2, 0.25) is 5.02 Å². The first-order chi connectivity index (χ1) is 16.4. The summed E-state index contributed by atoms with van der Waals surface area (Å²) in [5.74, 6) is -1.76. The standard InChI is InChI=1S/C25H21ClF2N4O2/c1-15(20-4-3-5-23(34-2)24(20)26)32(25(33)17-10-18(27)12-19(28)11-17)14-16-6-7-21(29-13-16)22-8-9-30-31-22/h3-13,15H,14H2,1-2H3,(H,30,31)/t15-/m1/s1. The summed E-state index contributed by atoms with van der Waals surface area (Å²) < 4.78 is 33.1. The van der Waals surface area contributed by atoms with E-state index in [-0.39, 0.29) is 12.1 Å². The van der Waals surface area contributed by atoms with E-state index in [9.17, 15) is 13.6 Å². The third-order valence-electron chi connectivity index (χ3n) is 5.46. The van der Waals surface area contributed by atoms with Crippen LogP contribution in [0.5, 0.6) is 5.75 Å². The number of methoxy groups -OCH3 is 1. The Labute approximate surface area is 200 Å². The molecule has 0 aliphatic rings. The van der Waals surface area contributed by atoms with Gasteiger partial charge in [-0.3, -0.25) is 14.9 Å². The van der Waals surface area contributed by atoms with Gasteiger partial charge in [-0.15, -0.1) is 0 Å². The van der Waals surface area contributed by atoms with Crippen molar-refractivity contribution in [3.8, 4) is 17.1 Å². The first-order valence-corrected chi connectivity index (χ1v) is 10.8. The Morgan fingerprint density at radius 1 is 1.15 bits per heavy atom. The van der Waals surface area contributed by atoms with Gasteiger partial charge in [0.05, 0.1) is 29.6 Å². The SMILES string of the molecule is COc1cccc([C@@H](C)N(Cc2ccc(-c3ccn[nH]3)nc2)C(=O)c2cc(F)cc(F)c2)c1Cl. The van der Waals surface area contributed by atoms with Crippen molar-refractivity contribution < 1.29 is 18.3 Å². The number of nitrogens with one attached hydrogen (secondary N) is 1. The summed E-state index contributed by atoms with van der Waals surface area (Å²) in [7, 11) is 1.50. The maximum atomic E-state index is 13.9. The molecule has 1 N–H and O–H groups in total. The molecule has 0 aliphatic heterocycles. The molecule has 2 heterocycles.